The summed E-state index contributed by atoms with van der Waals surface area (Å²) in [4.78, 5) is 46.8. The molecule has 2 amide bonds. The van der Waals surface area contributed by atoms with E-state index in [0.29, 0.717) is 49.8 Å². The van der Waals surface area contributed by atoms with Crippen LogP contribution in [-0.4, -0.2) is 48.1 Å². The Morgan fingerprint density at radius 3 is 2.58 bits per heavy atom. The lowest BCUT2D eigenvalue weighted by molar-refractivity contribution is -0.137. The summed E-state index contributed by atoms with van der Waals surface area (Å²) in [6.45, 7) is 8.15. The maximum absolute atomic E-state index is 13.1. The first-order valence-electron chi connectivity index (χ1n) is 14.8. The SMILES string of the molecule is CCN1C(=O)C(C)(C)C(=O)N(C)c2cc(OCCCNCc3ncccc3CCn3ccc4ccccc4c3=O)ccc21. The number of nitrogens with zero attached hydrogens (tertiary/aromatic N) is 4. The van der Waals surface area contributed by atoms with Gasteiger partial charge in [0.25, 0.3) is 5.56 Å². The Morgan fingerprint density at radius 2 is 1.77 bits per heavy atom. The number of aromatic nitrogens is 2. The van der Waals surface area contributed by atoms with Crippen molar-refractivity contribution in [3.05, 3.63) is 94.7 Å². The number of amides is 2. The minimum Gasteiger partial charge on any atom is -0.493 e. The maximum Gasteiger partial charge on any atom is 0.258 e. The highest BCUT2D eigenvalue weighted by Gasteiger charge is 2.45. The molecule has 0 fully saturated rings. The van der Waals surface area contributed by atoms with Crippen molar-refractivity contribution in [2.75, 3.05) is 36.5 Å². The van der Waals surface area contributed by atoms with E-state index in [1.54, 1.807) is 41.5 Å². The van der Waals surface area contributed by atoms with Crippen molar-refractivity contribution in [2.24, 2.45) is 5.41 Å². The van der Waals surface area contributed by atoms with Crippen molar-refractivity contribution in [3.63, 3.8) is 0 Å². The fourth-order valence-electron chi connectivity index (χ4n) is 5.57. The third kappa shape index (κ3) is 6.17. The van der Waals surface area contributed by atoms with Crippen molar-refractivity contribution in [1.29, 1.82) is 0 Å². The Labute approximate surface area is 252 Å². The number of nitrogens with one attached hydrogen (secondary N) is 1. The summed E-state index contributed by atoms with van der Waals surface area (Å²) in [5.41, 5.74) is 2.33. The molecule has 2 aromatic carbocycles. The summed E-state index contributed by atoms with van der Waals surface area (Å²) < 4.78 is 7.78. The van der Waals surface area contributed by atoms with Crippen LogP contribution < -0.4 is 25.4 Å². The topological polar surface area (TPSA) is 96.8 Å². The highest BCUT2D eigenvalue weighted by atomic mass is 16.5. The van der Waals surface area contributed by atoms with Crippen LogP contribution in [0.1, 0.15) is 38.4 Å². The normalized spacial score (nSPS) is 14.6. The minimum atomic E-state index is -1.14. The van der Waals surface area contributed by atoms with Gasteiger partial charge in [0.05, 0.1) is 23.7 Å². The van der Waals surface area contributed by atoms with Gasteiger partial charge in [-0.2, -0.15) is 0 Å². The Bertz CT molecular complexity index is 1700. The minimum absolute atomic E-state index is 0.0226. The van der Waals surface area contributed by atoms with Crippen LogP contribution in [0.25, 0.3) is 10.8 Å². The van der Waals surface area contributed by atoms with Crippen molar-refractivity contribution in [2.45, 2.75) is 46.7 Å². The number of rotatable bonds is 11. The molecule has 5 rings (SSSR count). The third-order valence-electron chi connectivity index (χ3n) is 8.09. The lowest BCUT2D eigenvalue weighted by Gasteiger charge is -2.27. The van der Waals surface area contributed by atoms with Gasteiger partial charge in [0.2, 0.25) is 11.8 Å². The molecule has 4 aromatic rings. The molecule has 1 N–H and O–H groups in total. The number of pyridine rings is 2. The van der Waals surface area contributed by atoms with E-state index in [1.807, 2.05) is 67.7 Å². The molecule has 0 saturated carbocycles. The summed E-state index contributed by atoms with van der Waals surface area (Å²) >= 11 is 0. The third-order valence-corrected chi connectivity index (χ3v) is 8.09. The fraction of sp³-hybridized carbons (Fsp3) is 0.353. The van der Waals surface area contributed by atoms with Gasteiger partial charge in [-0.05, 0) is 81.4 Å². The van der Waals surface area contributed by atoms with E-state index in [0.717, 1.165) is 35.0 Å². The van der Waals surface area contributed by atoms with Crippen LogP contribution in [-0.2, 0) is 29.1 Å². The van der Waals surface area contributed by atoms with Crippen LogP contribution in [0, 0.1) is 5.41 Å². The Kier molecular flexibility index (Phi) is 8.92. The Morgan fingerprint density at radius 1 is 0.953 bits per heavy atom. The standard InChI is InChI=1S/C34H39N5O4/c1-5-39-29-14-13-26(22-30(29)37(4)32(41)34(2,3)33(39)42)43-21-9-17-35-23-28-25(11-8-18-36-28)16-20-38-19-15-24-10-6-7-12-27(24)31(38)40/h6-8,10-15,18-19,22,35H,5,9,16-17,20-21,23H2,1-4H3. The number of carbonyl (C=O) groups excluding carboxylic acids is 2. The summed E-state index contributed by atoms with van der Waals surface area (Å²) in [6, 6.07) is 19.2. The molecule has 0 spiro atoms. The van der Waals surface area contributed by atoms with Crippen LogP contribution in [0.15, 0.2) is 77.9 Å². The summed E-state index contributed by atoms with van der Waals surface area (Å²) in [5.74, 6) is 0.204. The number of aryl methyl sites for hydroxylation is 2. The highest BCUT2D eigenvalue weighted by molar-refractivity contribution is 6.20. The Balaban J connectivity index is 1.14. The second kappa shape index (κ2) is 12.8. The number of anilines is 2. The second-order valence-corrected chi connectivity index (χ2v) is 11.3. The van der Waals surface area contributed by atoms with E-state index in [1.165, 1.54) is 0 Å². The van der Waals surface area contributed by atoms with E-state index in [2.05, 4.69) is 16.4 Å². The van der Waals surface area contributed by atoms with Crippen molar-refractivity contribution in [1.82, 2.24) is 14.9 Å². The molecule has 43 heavy (non-hydrogen) atoms. The number of fused-ring (bicyclic) bond motifs is 2. The zero-order valence-corrected chi connectivity index (χ0v) is 25.3. The van der Waals surface area contributed by atoms with Gasteiger partial charge < -0.3 is 24.4 Å². The molecule has 9 nitrogen and oxygen atoms in total. The molecule has 0 unspecified atom stereocenters. The zero-order chi connectivity index (χ0) is 30.6. The lowest BCUT2D eigenvalue weighted by atomic mass is 9.90. The van der Waals surface area contributed by atoms with Gasteiger partial charge in [-0.25, -0.2) is 0 Å². The van der Waals surface area contributed by atoms with Gasteiger partial charge in [-0.1, -0.05) is 24.3 Å². The van der Waals surface area contributed by atoms with E-state index >= 15 is 0 Å². The fourth-order valence-corrected chi connectivity index (χ4v) is 5.57. The number of hydrogen-bond donors (Lipinski definition) is 1. The van der Waals surface area contributed by atoms with Crippen molar-refractivity contribution < 1.29 is 14.3 Å². The van der Waals surface area contributed by atoms with Crippen molar-refractivity contribution >= 4 is 34.0 Å². The first-order chi connectivity index (χ1) is 20.7. The molecule has 9 heteroatoms. The predicted molar refractivity (Wildman–Crippen MR) is 170 cm³/mol. The van der Waals surface area contributed by atoms with Gasteiger partial charge in [-0.15, -0.1) is 0 Å². The monoisotopic (exact) mass is 581 g/mol. The average Bonchev–Trinajstić information content (AvgIpc) is 3.07. The molecule has 224 valence electrons. The molecule has 1 aliphatic rings. The van der Waals surface area contributed by atoms with E-state index in [9.17, 15) is 14.4 Å². The van der Waals surface area contributed by atoms with Gasteiger partial charge >= 0.3 is 0 Å². The molecule has 0 atom stereocenters. The van der Waals surface area contributed by atoms with Gasteiger partial charge in [0.1, 0.15) is 11.2 Å². The van der Waals surface area contributed by atoms with Crippen LogP contribution in [0.5, 0.6) is 5.75 Å². The number of carbonyl (C=O) groups is 2. The predicted octanol–water partition coefficient (Wildman–Crippen LogP) is 4.55. The number of benzene rings is 2. The van der Waals surface area contributed by atoms with E-state index < -0.39 is 5.41 Å². The molecular formula is C34H39N5O4. The highest BCUT2D eigenvalue weighted by Crippen LogP contribution is 2.40. The lowest BCUT2D eigenvalue weighted by Crippen LogP contribution is -2.47. The molecule has 0 radical (unpaired) electrons. The summed E-state index contributed by atoms with van der Waals surface area (Å²) in [7, 11) is 1.70. The van der Waals surface area contributed by atoms with Gasteiger partial charge in [0, 0.05) is 50.5 Å². The summed E-state index contributed by atoms with van der Waals surface area (Å²) in [5, 5.41) is 5.13. The summed E-state index contributed by atoms with van der Waals surface area (Å²) in [6.07, 6.45) is 5.13. The molecule has 2 aromatic heterocycles. The molecule has 3 heterocycles. The molecule has 0 aliphatic carbocycles. The van der Waals surface area contributed by atoms with Gasteiger partial charge in [-0.3, -0.25) is 19.4 Å². The first-order valence-corrected chi connectivity index (χ1v) is 14.8. The average molecular weight is 582 g/mol. The van der Waals surface area contributed by atoms with Crippen LogP contribution in [0.4, 0.5) is 11.4 Å². The molecule has 1 aliphatic heterocycles. The van der Waals surface area contributed by atoms with Gasteiger partial charge in [0.15, 0.2) is 0 Å². The maximum atomic E-state index is 13.1. The molecule has 0 bridgehead atoms. The van der Waals surface area contributed by atoms with Crippen LogP contribution in [0.2, 0.25) is 0 Å². The first kappa shape index (κ1) is 30.0. The zero-order valence-electron chi connectivity index (χ0n) is 25.3. The van der Waals surface area contributed by atoms with Crippen LogP contribution in [0.3, 0.4) is 0 Å². The van der Waals surface area contributed by atoms with E-state index in [4.69, 9.17) is 4.74 Å². The largest absolute Gasteiger partial charge is 0.493 e. The molecule has 0 saturated heterocycles. The molecular weight excluding hydrogens is 542 g/mol. The number of ether oxygens (including phenoxy) is 1. The second-order valence-electron chi connectivity index (χ2n) is 11.3. The number of hydrogen-bond acceptors (Lipinski definition) is 6. The van der Waals surface area contributed by atoms with Crippen LogP contribution >= 0.6 is 0 Å². The smallest absolute Gasteiger partial charge is 0.258 e. The Hall–Kier alpha value is -4.50. The van der Waals surface area contributed by atoms with Crippen molar-refractivity contribution in [3.8, 4) is 5.75 Å². The quantitative estimate of drug-likeness (QED) is 0.206. The van der Waals surface area contributed by atoms with E-state index in [-0.39, 0.29) is 17.4 Å².